The fourth-order valence-electron chi connectivity index (χ4n) is 2.85. The molecule has 1 amide bonds. The van der Waals surface area contributed by atoms with Crippen LogP contribution in [-0.2, 0) is 0 Å². The van der Waals surface area contributed by atoms with E-state index in [2.05, 4.69) is 24.1 Å². The molecule has 1 heterocycles. The molecule has 144 valence electrons. The molecule has 0 radical (unpaired) electrons. The molecule has 0 bridgehead atoms. The summed E-state index contributed by atoms with van der Waals surface area (Å²) in [7, 11) is 3.21. The quantitative estimate of drug-likeness (QED) is 0.647. The second-order valence-electron chi connectivity index (χ2n) is 6.73. The monoisotopic (exact) mass is 376 g/mol. The Bertz CT molecular complexity index is 949. The summed E-state index contributed by atoms with van der Waals surface area (Å²) in [5, 5.41) is 2.90. The molecule has 28 heavy (non-hydrogen) atoms. The Morgan fingerprint density at radius 2 is 1.71 bits per heavy atom. The summed E-state index contributed by atoms with van der Waals surface area (Å²) in [5.41, 5.74) is 4.04. The van der Waals surface area contributed by atoms with E-state index >= 15 is 0 Å². The molecule has 0 aliphatic carbocycles. The molecule has 5 nitrogen and oxygen atoms in total. The van der Waals surface area contributed by atoms with Crippen molar-refractivity contribution < 1.29 is 14.3 Å². The van der Waals surface area contributed by atoms with Crippen LogP contribution >= 0.6 is 0 Å². The van der Waals surface area contributed by atoms with E-state index in [1.54, 1.807) is 38.6 Å². The lowest BCUT2D eigenvalue weighted by Gasteiger charge is -2.11. The molecule has 5 heteroatoms. The van der Waals surface area contributed by atoms with Crippen LogP contribution in [0.25, 0.3) is 11.3 Å². The average molecular weight is 376 g/mol. The Morgan fingerprint density at radius 3 is 2.29 bits per heavy atom. The third-order valence-electron chi connectivity index (χ3n) is 4.55. The summed E-state index contributed by atoms with van der Waals surface area (Å²) in [5.74, 6) is 1.63. The van der Waals surface area contributed by atoms with Gasteiger partial charge in [-0.15, -0.1) is 0 Å². The number of hydrogen-bond donors (Lipinski definition) is 1. The van der Waals surface area contributed by atoms with Crippen molar-refractivity contribution >= 4 is 11.6 Å². The van der Waals surface area contributed by atoms with Crippen molar-refractivity contribution in [3.05, 3.63) is 71.9 Å². The van der Waals surface area contributed by atoms with Crippen LogP contribution in [0.5, 0.6) is 11.5 Å². The van der Waals surface area contributed by atoms with Crippen LogP contribution in [0.15, 0.2) is 60.8 Å². The van der Waals surface area contributed by atoms with E-state index in [0.29, 0.717) is 23.0 Å². The van der Waals surface area contributed by atoms with E-state index in [-0.39, 0.29) is 5.91 Å². The van der Waals surface area contributed by atoms with Crippen molar-refractivity contribution in [3.8, 4) is 22.8 Å². The minimum Gasteiger partial charge on any atom is -0.497 e. The molecule has 3 aromatic rings. The normalized spacial score (nSPS) is 10.6. The predicted molar refractivity (Wildman–Crippen MR) is 111 cm³/mol. The Morgan fingerprint density at radius 1 is 0.964 bits per heavy atom. The van der Waals surface area contributed by atoms with Crippen molar-refractivity contribution in [1.82, 2.24) is 4.98 Å². The number of pyridine rings is 1. The fourth-order valence-corrected chi connectivity index (χ4v) is 2.85. The van der Waals surface area contributed by atoms with Crippen molar-refractivity contribution in [2.24, 2.45) is 0 Å². The highest BCUT2D eigenvalue weighted by molar-refractivity contribution is 6.04. The molecule has 3 rings (SSSR count). The third kappa shape index (κ3) is 4.31. The Labute approximate surface area is 165 Å². The number of rotatable bonds is 6. The van der Waals surface area contributed by atoms with E-state index in [9.17, 15) is 4.79 Å². The number of methoxy groups -OCH3 is 2. The summed E-state index contributed by atoms with van der Waals surface area (Å²) in [4.78, 5) is 16.9. The largest absolute Gasteiger partial charge is 0.497 e. The number of anilines is 1. The van der Waals surface area contributed by atoms with Gasteiger partial charge in [-0.1, -0.05) is 26.0 Å². The second-order valence-corrected chi connectivity index (χ2v) is 6.73. The van der Waals surface area contributed by atoms with Gasteiger partial charge in [0.15, 0.2) is 0 Å². The first-order valence-corrected chi connectivity index (χ1v) is 9.11. The van der Waals surface area contributed by atoms with Crippen LogP contribution < -0.4 is 14.8 Å². The highest BCUT2D eigenvalue weighted by Gasteiger charge is 2.11. The number of ether oxygens (including phenoxy) is 2. The van der Waals surface area contributed by atoms with Crippen molar-refractivity contribution in [2.45, 2.75) is 19.8 Å². The number of carbonyl (C=O) groups is 1. The van der Waals surface area contributed by atoms with Crippen LogP contribution in [0.3, 0.4) is 0 Å². The van der Waals surface area contributed by atoms with Crippen LogP contribution in [0.2, 0.25) is 0 Å². The SMILES string of the molecule is COc1ccc(-c2ccc(C(=O)Nc3ccc(C(C)C)cc3)cn2)c(OC)c1. The Kier molecular flexibility index (Phi) is 5.94. The molecule has 1 N–H and O–H groups in total. The third-order valence-corrected chi connectivity index (χ3v) is 4.55. The molecule has 0 saturated heterocycles. The van der Waals surface area contributed by atoms with Gasteiger partial charge in [-0.05, 0) is 47.9 Å². The zero-order valence-corrected chi connectivity index (χ0v) is 16.5. The molecular weight excluding hydrogens is 352 g/mol. The van der Waals surface area contributed by atoms with E-state index in [1.807, 2.05) is 36.4 Å². The predicted octanol–water partition coefficient (Wildman–Crippen LogP) is 5.14. The standard InChI is InChI=1S/C23H24N2O3/c1-15(2)16-5-8-18(9-6-16)25-23(26)17-7-12-21(24-14-17)20-11-10-19(27-3)13-22(20)28-4/h5-15H,1-4H3,(H,25,26). The smallest absolute Gasteiger partial charge is 0.257 e. The molecule has 0 saturated carbocycles. The Hall–Kier alpha value is -3.34. The van der Waals surface area contributed by atoms with Gasteiger partial charge in [-0.25, -0.2) is 0 Å². The van der Waals surface area contributed by atoms with E-state index < -0.39 is 0 Å². The fraction of sp³-hybridized carbons (Fsp3) is 0.217. The van der Waals surface area contributed by atoms with Gasteiger partial charge in [-0.2, -0.15) is 0 Å². The summed E-state index contributed by atoms with van der Waals surface area (Å²) < 4.78 is 10.6. The van der Waals surface area contributed by atoms with Crippen LogP contribution in [0, 0.1) is 0 Å². The minimum absolute atomic E-state index is 0.196. The maximum absolute atomic E-state index is 12.5. The summed E-state index contributed by atoms with van der Waals surface area (Å²) in [6.45, 7) is 4.28. The lowest BCUT2D eigenvalue weighted by Crippen LogP contribution is -2.12. The first-order valence-electron chi connectivity index (χ1n) is 9.11. The van der Waals surface area contributed by atoms with E-state index in [1.165, 1.54) is 5.56 Å². The number of benzene rings is 2. The first-order chi connectivity index (χ1) is 13.5. The topological polar surface area (TPSA) is 60.5 Å². The van der Waals surface area contributed by atoms with E-state index in [0.717, 1.165) is 16.9 Å². The number of nitrogens with zero attached hydrogens (tertiary/aromatic N) is 1. The molecule has 0 aliphatic heterocycles. The maximum Gasteiger partial charge on any atom is 0.257 e. The molecule has 1 aromatic heterocycles. The van der Waals surface area contributed by atoms with Crippen molar-refractivity contribution in [3.63, 3.8) is 0 Å². The minimum atomic E-state index is -0.196. The first kappa shape index (κ1) is 19.4. The molecule has 0 fully saturated rings. The summed E-state index contributed by atoms with van der Waals surface area (Å²) in [6, 6.07) is 17.0. The van der Waals surface area contributed by atoms with E-state index in [4.69, 9.17) is 9.47 Å². The molecule has 0 aliphatic rings. The number of nitrogens with one attached hydrogen (secondary N) is 1. The zero-order valence-electron chi connectivity index (χ0n) is 16.5. The molecule has 0 atom stereocenters. The van der Waals surface area contributed by atoms with Crippen LogP contribution in [-0.4, -0.2) is 25.1 Å². The lowest BCUT2D eigenvalue weighted by atomic mass is 10.0. The van der Waals surface area contributed by atoms with Crippen LogP contribution in [0.4, 0.5) is 5.69 Å². The Balaban J connectivity index is 1.76. The van der Waals surface area contributed by atoms with Gasteiger partial charge in [0.1, 0.15) is 11.5 Å². The lowest BCUT2D eigenvalue weighted by molar-refractivity contribution is 0.102. The van der Waals surface area contributed by atoms with Gasteiger partial charge in [-0.3, -0.25) is 9.78 Å². The van der Waals surface area contributed by atoms with Gasteiger partial charge < -0.3 is 14.8 Å². The van der Waals surface area contributed by atoms with Gasteiger partial charge >= 0.3 is 0 Å². The maximum atomic E-state index is 12.5. The number of aromatic nitrogens is 1. The second kappa shape index (κ2) is 8.57. The molecule has 0 spiro atoms. The van der Waals surface area contributed by atoms with Gasteiger partial charge in [0.05, 0.1) is 25.5 Å². The summed E-state index contributed by atoms with van der Waals surface area (Å²) >= 11 is 0. The zero-order chi connectivity index (χ0) is 20.1. The summed E-state index contributed by atoms with van der Waals surface area (Å²) in [6.07, 6.45) is 1.57. The number of hydrogen-bond acceptors (Lipinski definition) is 4. The average Bonchev–Trinajstić information content (AvgIpc) is 2.73. The van der Waals surface area contributed by atoms with Crippen molar-refractivity contribution in [1.29, 1.82) is 0 Å². The van der Waals surface area contributed by atoms with Gasteiger partial charge in [0.25, 0.3) is 5.91 Å². The molecule has 2 aromatic carbocycles. The number of carbonyl (C=O) groups excluding carboxylic acids is 1. The number of amides is 1. The molecule has 0 unspecified atom stereocenters. The van der Waals surface area contributed by atoms with Crippen molar-refractivity contribution in [2.75, 3.05) is 19.5 Å². The molecular formula is C23H24N2O3. The highest BCUT2D eigenvalue weighted by Crippen LogP contribution is 2.32. The van der Waals surface area contributed by atoms with Gasteiger partial charge in [0, 0.05) is 23.5 Å². The van der Waals surface area contributed by atoms with Crippen LogP contribution in [0.1, 0.15) is 35.7 Å². The van der Waals surface area contributed by atoms with Gasteiger partial charge in [0.2, 0.25) is 0 Å². The highest BCUT2D eigenvalue weighted by atomic mass is 16.5.